The van der Waals surface area contributed by atoms with Gasteiger partial charge in [0.15, 0.2) is 0 Å². The Bertz CT molecular complexity index is 1280. The molecule has 11 heteroatoms. The third kappa shape index (κ3) is 3.98. The first-order valence-corrected chi connectivity index (χ1v) is 10.1. The van der Waals surface area contributed by atoms with E-state index in [-0.39, 0.29) is 11.4 Å². The molecule has 0 fully saturated rings. The number of fused-ring (bicyclic) bond motifs is 1. The number of methoxy groups -OCH3 is 1. The predicted molar refractivity (Wildman–Crippen MR) is 113 cm³/mol. The van der Waals surface area contributed by atoms with Crippen LogP contribution in [0.5, 0.6) is 5.75 Å². The number of hydrogen-bond donors (Lipinski definition) is 1. The second kappa shape index (κ2) is 8.38. The molecular weight excluding hydrogens is 426 g/mol. The fourth-order valence-electron chi connectivity index (χ4n) is 3.65. The number of anilines is 1. The molecule has 1 N–H and O–H groups in total. The predicted octanol–water partition coefficient (Wildman–Crippen LogP) is 2.01. The SMILES string of the molecule is COc1ccc(NC(=O)Cn2c(=O)c(-c3noc(C)n3)c3n(c2=O)CCCC3)cc1Cl. The second-order valence-corrected chi connectivity index (χ2v) is 7.55. The molecule has 3 aromatic rings. The lowest BCUT2D eigenvalue weighted by molar-refractivity contribution is -0.116. The number of halogens is 1. The van der Waals surface area contributed by atoms with Gasteiger partial charge in [-0.15, -0.1) is 0 Å². The Balaban J connectivity index is 1.71. The molecule has 0 unspecified atom stereocenters. The molecule has 0 atom stereocenters. The van der Waals surface area contributed by atoms with Crippen molar-refractivity contribution >= 4 is 23.2 Å². The van der Waals surface area contributed by atoms with Gasteiger partial charge in [-0.25, -0.2) is 4.79 Å². The van der Waals surface area contributed by atoms with E-state index >= 15 is 0 Å². The maximum Gasteiger partial charge on any atom is 0.331 e. The van der Waals surface area contributed by atoms with E-state index in [1.54, 1.807) is 19.1 Å². The summed E-state index contributed by atoms with van der Waals surface area (Å²) in [5.41, 5.74) is 0.0152. The van der Waals surface area contributed by atoms with Crippen LogP contribution in [0.4, 0.5) is 5.69 Å². The van der Waals surface area contributed by atoms with E-state index in [0.29, 0.717) is 41.0 Å². The smallest absolute Gasteiger partial charge is 0.331 e. The second-order valence-electron chi connectivity index (χ2n) is 7.14. The zero-order chi connectivity index (χ0) is 22.1. The van der Waals surface area contributed by atoms with Crippen LogP contribution in [-0.4, -0.2) is 32.3 Å². The van der Waals surface area contributed by atoms with E-state index in [1.807, 2.05) is 0 Å². The minimum absolute atomic E-state index is 0.115. The van der Waals surface area contributed by atoms with Crippen molar-refractivity contribution in [2.75, 3.05) is 12.4 Å². The Morgan fingerprint density at radius 3 is 2.81 bits per heavy atom. The van der Waals surface area contributed by atoms with Crippen molar-refractivity contribution in [3.05, 3.63) is 55.6 Å². The molecule has 0 spiro atoms. The van der Waals surface area contributed by atoms with Crippen LogP contribution in [0.15, 0.2) is 32.3 Å². The minimum atomic E-state index is -0.623. The maximum absolute atomic E-state index is 13.2. The molecule has 2 aromatic heterocycles. The van der Waals surface area contributed by atoms with Crippen molar-refractivity contribution in [1.29, 1.82) is 0 Å². The topological polar surface area (TPSA) is 121 Å². The van der Waals surface area contributed by atoms with Crippen LogP contribution in [0.1, 0.15) is 24.4 Å². The number of nitrogens with one attached hydrogen (secondary N) is 1. The van der Waals surface area contributed by atoms with Gasteiger partial charge in [-0.3, -0.25) is 18.7 Å². The highest BCUT2D eigenvalue weighted by atomic mass is 35.5. The largest absolute Gasteiger partial charge is 0.495 e. The molecule has 3 heterocycles. The summed E-state index contributed by atoms with van der Waals surface area (Å²) in [6.45, 7) is 1.60. The highest BCUT2D eigenvalue weighted by molar-refractivity contribution is 6.32. The van der Waals surface area contributed by atoms with Crippen molar-refractivity contribution < 1.29 is 14.1 Å². The summed E-state index contributed by atoms with van der Waals surface area (Å²) in [5.74, 6) is 0.330. The first-order chi connectivity index (χ1) is 14.9. The Morgan fingerprint density at radius 2 is 2.13 bits per heavy atom. The van der Waals surface area contributed by atoms with Crippen molar-refractivity contribution in [1.82, 2.24) is 19.3 Å². The molecule has 1 aromatic carbocycles. The first kappa shape index (κ1) is 20.9. The number of aromatic nitrogens is 4. The first-order valence-electron chi connectivity index (χ1n) is 9.69. The molecule has 0 radical (unpaired) electrons. The van der Waals surface area contributed by atoms with Gasteiger partial charge in [0, 0.05) is 24.8 Å². The van der Waals surface area contributed by atoms with E-state index in [9.17, 15) is 14.4 Å². The monoisotopic (exact) mass is 445 g/mol. The molecule has 0 bridgehead atoms. The lowest BCUT2D eigenvalue weighted by Gasteiger charge is -2.21. The average Bonchev–Trinajstić information content (AvgIpc) is 3.17. The highest BCUT2D eigenvalue weighted by Gasteiger charge is 2.26. The van der Waals surface area contributed by atoms with E-state index < -0.39 is 23.7 Å². The van der Waals surface area contributed by atoms with Gasteiger partial charge in [0.05, 0.1) is 12.1 Å². The summed E-state index contributed by atoms with van der Waals surface area (Å²) < 4.78 is 12.5. The molecule has 31 heavy (non-hydrogen) atoms. The summed E-state index contributed by atoms with van der Waals surface area (Å²) in [6.07, 6.45) is 2.18. The molecule has 1 amide bonds. The third-order valence-electron chi connectivity index (χ3n) is 5.07. The number of aryl methyl sites for hydroxylation is 1. The van der Waals surface area contributed by atoms with Crippen molar-refractivity contribution in [2.24, 2.45) is 0 Å². The normalized spacial score (nSPS) is 13.0. The van der Waals surface area contributed by atoms with Crippen molar-refractivity contribution in [3.8, 4) is 17.1 Å². The quantitative estimate of drug-likeness (QED) is 0.637. The zero-order valence-corrected chi connectivity index (χ0v) is 17.7. The molecule has 0 saturated carbocycles. The molecule has 0 saturated heterocycles. The number of amides is 1. The number of ether oxygens (including phenoxy) is 1. The summed E-state index contributed by atoms with van der Waals surface area (Å²) in [5, 5.41) is 6.82. The van der Waals surface area contributed by atoms with E-state index in [0.717, 1.165) is 17.4 Å². The standard InChI is InChI=1S/C20H20ClN5O5/c1-11-22-18(24-31-11)17-14-5-3-4-8-25(14)20(29)26(19(17)28)10-16(27)23-12-6-7-15(30-2)13(21)9-12/h6-7,9H,3-5,8,10H2,1-2H3,(H,23,27). The maximum atomic E-state index is 13.2. The average molecular weight is 446 g/mol. The van der Waals surface area contributed by atoms with Crippen molar-refractivity contribution in [3.63, 3.8) is 0 Å². The molecule has 10 nitrogen and oxygen atoms in total. The zero-order valence-electron chi connectivity index (χ0n) is 17.0. The summed E-state index contributed by atoms with van der Waals surface area (Å²) in [4.78, 5) is 43.0. The van der Waals surface area contributed by atoms with Gasteiger partial charge in [0.25, 0.3) is 5.56 Å². The Labute approximate surface area is 181 Å². The Kier molecular flexibility index (Phi) is 5.64. The number of benzene rings is 1. The van der Waals surface area contributed by atoms with Gasteiger partial charge in [0.2, 0.25) is 17.6 Å². The van der Waals surface area contributed by atoms with Crippen LogP contribution in [0.25, 0.3) is 11.4 Å². The number of carbonyl (C=O) groups is 1. The summed E-state index contributed by atoms with van der Waals surface area (Å²) in [6, 6.07) is 4.74. The van der Waals surface area contributed by atoms with E-state index in [4.69, 9.17) is 20.9 Å². The molecule has 162 valence electrons. The molecule has 1 aliphatic heterocycles. The number of carbonyl (C=O) groups excluding carboxylic acids is 1. The van der Waals surface area contributed by atoms with Gasteiger partial charge in [-0.1, -0.05) is 16.8 Å². The summed E-state index contributed by atoms with van der Waals surface area (Å²) in [7, 11) is 1.48. The van der Waals surface area contributed by atoms with Gasteiger partial charge in [-0.05, 0) is 37.5 Å². The number of hydrogen-bond acceptors (Lipinski definition) is 7. The Hall–Kier alpha value is -3.40. The number of rotatable bonds is 5. The van der Waals surface area contributed by atoms with Crippen LogP contribution >= 0.6 is 11.6 Å². The lowest BCUT2D eigenvalue weighted by Crippen LogP contribution is -2.45. The fraction of sp³-hybridized carbons (Fsp3) is 0.350. The minimum Gasteiger partial charge on any atom is -0.495 e. The molecule has 1 aliphatic rings. The Morgan fingerprint density at radius 1 is 1.32 bits per heavy atom. The third-order valence-corrected chi connectivity index (χ3v) is 5.36. The van der Waals surface area contributed by atoms with Gasteiger partial charge < -0.3 is 14.6 Å². The van der Waals surface area contributed by atoms with Gasteiger partial charge >= 0.3 is 5.69 Å². The van der Waals surface area contributed by atoms with Crippen LogP contribution in [0.3, 0.4) is 0 Å². The van der Waals surface area contributed by atoms with Crippen LogP contribution in [-0.2, 0) is 24.3 Å². The van der Waals surface area contributed by atoms with Crippen molar-refractivity contribution in [2.45, 2.75) is 39.3 Å². The van der Waals surface area contributed by atoms with Gasteiger partial charge in [0.1, 0.15) is 17.9 Å². The van der Waals surface area contributed by atoms with Crippen LogP contribution < -0.4 is 21.3 Å². The van der Waals surface area contributed by atoms with E-state index in [1.165, 1.54) is 17.7 Å². The fourth-order valence-corrected chi connectivity index (χ4v) is 3.91. The number of nitrogens with zero attached hydrogens (tertiary/aromatic N) is 4. The molecule has 0 aliphatic carbocycles. The highest BCUT2D eigenvalue weighted by Crippen LogP contribution is 2.27. The lowest BCUT2D eigenvalue weighted by atomic mass is 10.0. The molecular formula is C20H20ClN5O5. The molecule has 4 rings (SSSR count). The van der Waals surface area contributed by atoms with E-state index in [2.05, 4.69) is 15.5 Å². The van der Waals surface area contributed by atoms with Gasteiger partial charge in [-0.2, -0.15) is 4.98 Å². The van der Waals surface area contributed by atoms with Crippen LogP contribution in [0.2, 0.25) is 5.02 Å². The van der Waals surface area contributed by atoms with Crippen LogP contribution in [0, 0.1) is 6.92 Å². The summed E-state index contributed by atoms with van der Waals surface area (Å²) >= 11 is 6.09.